The topological polar surface area (TPSA) is 74.0 Å². The van der Waals surface area contributed by atoms with Gasteiger partial charge in [-0.3, -0.25) is 9.59 Å². The third-order valence-corrected chi connectivity index (χ3v) is 5.93. The Morgan fingerprint density at radius 2 is 1.44 bits per heavy atom. The number of H-pyrrole nitrogens is 1. The predicted octanol–water partition coefficient (Wildman–Crippen LogP) is 5.32. The Morgan fingerprint density at radius 3 is 1.94 bits per heavy atom. The maximum atomic E-state index is 13.0. The lowest BCUT2D eigenvalue weighted by Crippen LogP contribution is -2.40. The van der Waals surface area contributed by atoms with Crippen LogP contribution in [0.15, 0.2) is 54.6 Å². The molecule has 36 heavy (non-hydrogen) atoms. The van der Waals surface area contributed by atoms with Crippen LogP contribution in [0.2, 0.25) is 0 Å². The number of hydrogen-bond acceptors (Lipinski definition) is 2. The zero-order chi connectivity index (χ0) is 26.1. The van der Waals surface area contributed by atoms with Crippen LogP contribution in [0.5, 0.6) is 0 Å². The molecular formula is C25H21F6N3O2. The minimum Gasteiger partial charge on any atom is -0.354 e. The fourth-order valence-electron chi connectivity index (χ4n) is 4.02. The summed E-state index contributed by atoms with van der Waals surface area (Å²) in [6.45, 7) is 0.468. The minimum atomic E-state index is -4.51. The van der Waals surface area contributed by atoms with Crippen LogP contribution in [0.3, 0.4) is 0 Å². The number of nitrogens with one attached hydrogen (secondary N) is 3. The first-order valence-electron chi connectivity index (χ1n) is 11.1. The highest BCUT2D eigenvalue weighted by molar-refractivity contribution is 5.89. The maximum absolute atomic E-state index is 13.0. The second-order valence-electron chi connectivity index (χ2n) is 8.43. The number of halogens is 6. The number of benzene rings is 2. The van der Waals surface area contributed by atoms with Crippen LogP contribution in [0.25, 0.3) is 22.5 Å². The van der Waals surface area contributed by atoms with Gasteiger partial charge in [0.05, 0.1) is 11.1 Å². The van der Waals surface area contributed by atoms with Gasteiger partial charge in [-0.25, -0.2) is 0 Å². The average molecular weight is 509 g/mol. The normalized spacial score (nSPS) is 16.2. The molecule has 1 unspecified atom stereocenters. The van der Waals surface area contributed by atoms with Gasteiger partial charge in [-0.1, -0.05) is 24.3 Å². The van der Waals surface area contributed by atoms with Gasteiger partial charge in [0.15, 0.2) is 0 Å². The molecule has 0 saturated carbocycles. The smallest absolute Gasteiger partial charge is 0.354 e. The van der Waals surface area contributed by atoms with Crippen molar-refractivity contribution in [3.63, 3.8) is 0 Å². The van der Waals surface area contributed by atoms with Crippen LogP contribution >= 0.6 is 0 Å². The van der Waals surface area contributed by atoms with E-state index in [4.69, 9.17) is 0 Å². The van der Waals surface area contributed by atoms with E-state index >= 15 is 0 Å². The van der Waals surface area contributed by atoms with Crippen LogP contribution in [-0.4, -0.2) is 29.4 Å². The lowest BCUT2D eigenvalue weighted by molar-refractivity contribution is -0.138. The van der Waals surface area contributed by atoms with Crippen molar-refractivity contribution in [3.8, 4) is 22.5 Å². The summed E-state index contributed by atoms with van der Waals surface area (Å²) in [5, 5.41) is 5.27. The Bertz CT molecular complexity index is 1240. The van der Waals surface area contributed by atoms with Gasteiger partial charge in [-0.05, 0) is 59.9 Å². The van der Waals surface area contributed by atoms with E-state index in [1.54, 1.807) is 6.07 Å². The van der Waals surface area contributed by atoms with Gasteiger partial charge in [-0.15, -0.1) is 0 Å². The number of hydrogen-bond donors (Lipinski definition) is 3. The molecule has 5 nitrogen and oxygen atoms in total. The molecule has 1 aromatic heterocycles. The zero-order valence-corrected chi connectivity index (χ0v) is 18.7. The highest BCUT2D eigenvalue weighted by atomic mass is 19.4. The summed E-state index contributed by atoms with van der Waals surface area (Å²) >= 11 is 0. The Hall–Kier alpha value is -3.76. The van der Waals surface area contributed by atoms with Gasteiger partial charge in [0.25, 0.3) is 0 Å². The molecule has 0 spiro atoms. The average Bonchev–Trinajstić information content (AvgIpc) is 3.43. The van der Waals surface area contributed by atoms with Crippen molar-refractivity contribution in [1.29, 1.82) is 0 Å². The first-order chi connectivity index (χ1) is 16.9. The highest BCUT2D eigenvalue weighted by Crippen LogP contribution is 2.35. The Kier molecular flexibility index (Phi) is 6.83. The highest BCUT2D eigenvalue weighted by Gasteiger charge is 2.31. The van der Waals surface area contributed by atoms with Crippen LogP contribution in [-0.2, 0) is 28.4 Å². The summed E-state index contributed by atoms with van der Waals surface area (Å²) in [5.41, 5.74) is 0.719. The quantitative estimate of drug-likeness (QED) is 0.394. The largest absolute Gasteiger partial charge is 0.416 e. The molecule has 0 radical (unpaired) electrons. The number of alkyl halides is 6. The van der Waals surface area contributed by atoms with Crippen molar-refractivity contribution >= 4 is 11.8 Å². The Morgan fingerprint density at radius 1 is 0.889 bits per heavy atom. The van der Waals surface area contributed by atoms with E-state index in [9.17, 15) is 35.9 Å². The molecule has 1 fully saturated rings. The Labute approximate surface area is 201 Å². The molecule has 2 aromatic carbocycles. The number of aromatic amines is 1. The molecule has 3 N–H and O–H groups in total. The van der Waals surface area contributed by atoms with E-state index in [1.807, 2.05) is 0 Å². The summed E-state index contributed by atoms with van der Waals surface area (Å²) in [5.74, 6) is -0.632. The van der Waals surface area contributed by atoms with E-state index in [0.29, 0.717) is 41.0 Å². The monoisotopic (exact) mass is 509 g/mol. The summed E-state index contributed by atoms with van der Waals surface area (Å²) in [6, 6.07) is 9.95. The van der Waals surface area contributed by atoms with Crippen LogP contribution in [0.4, 0.5) is 26.3 Å². The molecular weight excluding hydrogens is 488 g/mol. The summed E-state index contributed by atoms with van der Waals surface area (Å²) in [7, 11) is 0. The summed E-state index contributed by atoms with van der Waals surface area (Å²) < 4.78 is 77.7. The van der Waals surface area contributed by atoms with Crippen molar-refractivity contribution in [2.75, 3.05) is 6.54 Å². The SMILES string of the molecule is O=C(CCc1cc(-c2ccc(C(F)(F)F)cc2)[nH]c1-c1ccc(C(F)(F)F)cc1)NC1CCNC1=O. The first kappa shape index (κ1) is 25.3. The molecule has 2 amide bonds. The second kappa shape index (κ2) is 9.71. The molecule has 0 bridgehead atoms. The van der Waals surface area contributed by atoms with Gasteiger partial charge in [0.1, 0.15) is 6.04 Å². The number of aryl methyl sites for hydroxylation is 1. The number of aromatic nitrogens is 1. The van der Waals surface area contributed by atoms with Gasteiger partial charge < -0.3 is 15.6 Å². The van der Waals surface area contributed by atoms with Gasteiger partial charge in [0, 0.05) is 24.4 Å². The number of carbonyl (C=O) groups excluding carboxylic acids is 2. The molecule has 1 saturated heterocycles. The summed E-state index contributed by atoms with van der Waals surface area (Å²) in [4.78, 5) is 27.2. The molecule has 11 heteroatoms. The molecule has 190 valence electrons. The molecule has 4 rings (SSSR count). The summed E-state index contributed by atoms with van der Waals surface area (Å²) in [6.07, 6.45) is -8.33. The standard InChI is InChI=1S/C25H21F6N3O2/c26-24(27,28)17-6-1-14(2-7-17)20-13-16(5-10-21(35)33-19-11-12-32-23(19)36)22(34-20)15-3-8-18(9-4-15)25(29,30)31/h1-4,6-9,13,19,34H,5,10-12H2,(H,32,36)(H,33,35). The molecule has 0 aliphatic carbocycles. The van der Waals surface area contributed by atoms with Crippen molar-refractivity contribution < 1.29 is 35.9 Å². The van der Waals surface area contributed by atoms with Crippen molar-refractivity contribution in [2.45, 2.75) is 37.7 Å². The minimum absolute atomic E-state index is 0.00171. The van der Waals surface area contributed by atoms with Crippen molar-refractivity contribution in [1.82, 2.24) is 15.6 Å². The second-order valence-corrected chi connectivity index (χ2v) is 8.43. The maximum Gasteiger partial charge on any atom is 0.416 e. The lowest BCUT2D eigenvalue weighted by Gasteiger charge is -2.11. The van der Waals surface area contributed by atoms with Crippen LogP contribution in [0, 0.1) is 0 Å². The van der Waals surface area contributed by atoms with E-state index in [-0.39, 0.29) is 24.7 Å². The molecule has 1 aliphatic heterocycles. The number of rotatable bonds is 6. The van der Waals surface area contributed by atoms with E-state index < -0.39 is 29.5 Å². The van der Waals surface area contributed by atoms with Gasteiger partial charge in [0.2, 0.25) is 11.8 Å². The third kappa shape index (κ3) is 5.72. The van der Waals surface area contributed by atoms with Gasteiger partial charge >= 0.3 is 12.4 Å². The fraction of sp³-hybridized carbons (Fsp3) is 0.280. The number of carbonyl (C=O) groups is 2. The van der Waals surface area contributed by atoms with Crippen molar-refractivity contribution in [2.24, 2.45) is 0 Å². The predicted molar refractivity (Wildman–Crippen MR) is 120 cm³/mol. The van der Waals surface area contributed by atoms with E-state index in [1.165, 1.54) is 24.3 Å². The van der Waals surface area contributed by atoms with E-state index in [0.717, 1.165) is 24.3 Å². The van der Waals surface area contributed by atoms with Gasteiger partial charge in [-0.2, -0.15) is 26.3 Å². The molecule has 2 heterocycles. The lowest BCUT2D eigenvalue weighted by atomic mass is 10.0. The fourth-order valence-corrected chi connectivity index (χ4v) is 4.02. The molecule has 3 aromatic rings. The van der Waals surface area contributed by atoms with Crippen LogP contribution in [0.1, 0.15) is 29.5 Å². The van der Waals surface area contributed by atoms with E-state index in [2.05, 4.69) is 15.6 Å². The van der Waals surface area contributed by atoms with Crippen molar-refractivity contribution in [3.05, 3.63) is 71.3 Å². The van der Waals surface area contributed by atoms with Crippen LogP contribution < -0.4 is 10.6 Å². The third-order valence-electron chi connectivity index (χ3n) is 5.93. The molecule has 1 aliphatic rings. The zero-order valence-electron chi connectivity index (χ0n) is 18.7. The number of amides is 2. The Balaban J connectivity index is 1.61. The molecule has 1 atom stereocenters. The first-order valence-corrected chi connectivity index (χ1v) is 11.1.